The van der Waals surface area contributed by atoms with Gasteiger partial charge in [0.1, 0.15) is 0 Å². The molecule has 6 heteroatoms. The van der Waals surface area contributed by atoms with Crippen molar-refractivity contribution in [1.82, 2.24) is 0 Å². The average Bonchev–Trinajstić information content (AvgIpc) is 2.83. The van der Waals surface area contributed by atoms with Crippen LogP contribution in [0.25, 0.3) is 0 Å². The zero-order valence-electron chi connectivity index (χ0n) is 11.0. The monoisotopic (exact) mass is 272 g/mol. The first-order valence-corrected chi connectivity index (χ1v) is 5.69. The fourth-order valence-electron chi connectivity index (χ4n) is 2.04. The molecule has 0 aromatic heterocycles. The number of aliphatic carboxylic acids is 1. The summed E-state index contributed by atoms with van der Waals surface area (Å²) >= 11 is 0. The van der Waals surface area contributed by atoms with E-state index in [-0.39, 0.29) is 48.2 Å². The number of benzene rings is 1. The average molecular weight is 272 g/mol. The number of hydrogen-bond donors (Lipinski definition) is 0. The number of Topliss-reactive ketones (excluding diaryl/α,β-unsaturated/α-hetero) is 1. The van der Waals surface area contributed by atoms with Crippen LogP contribution in [0.5, 0.6) is 11.5 Å². The second kappa shape index (κ2) is 6.93. The molecule has 96 valence electrons. The van der Waals surface area contributed by atoms with Gasteiger partial charge in [-0.05, 0) is 18.6 Å². The predicted molar refractivity (Wildman–Crippen MR) is 60.8 cm³/mol. The fraction of sp³-hybridized carbons (Fsp3) is 0.385. The van der Waals surface area contributed by atoms with Crippen molar-refractivity contribution >= 4 is 11.8 Å². The Balaban J connectivity index is 0.00000180. The van der Waals surface area contributed by atoms with Gasteiger partial charge in [0.2, 0.25) is 0 Å². The molecule has 1 aromatic carbocycles. The van der Waals surface area contributed by atoms with Gasteiger partial charge >= 0.3 is 29.6 Å². The van der Waals surface area contributed by atoms with Crippen molar-refractivity contribution in [2.75, 3.05) is 13.7 Å². The molecule has 5 nitrogen and oxygen atoms in total. The summed E-state index contributed by atoms with van der Waals surface area (Å²) in [6, 6.07) is 3.32. The molecular weight excluding hydrogens is 259 g/mol. The smallest absolute Gasteiger partial charge is 0.550 e. The number of ether oxygens (including phenoxy) is 2. The van der Waals surface area contributed by atoms with Crippen LogP contribution in [-0.2, 0) is 11.2 Å². The van der Waals surface area contributed by atoms with Crippen LogP contribution in [0, 0.1) is 0 Å². The molecule has 0 atom stereocenters. The summed E-state index contributed by atoms with van der Waals surface area (Å²) in [5, 5.41) is 10.4. The Morgan fingerprint density at radius 1 is 1.37 bits per heavy atom. The number of carbonyl (C=O) groups excluding carboxylic acids is 2. The van der Waals surface area contributed by atoms with Crippen LogP contribution in [0.1, 0.15) is 28.8 Å². The van der Waals surface area contributed by atoms with Gasteiger partial charge in [-0.25, -0.2) is 0 Å². The predicted octanol–water partition coefficient (Wildman–Crippen LogP) is -2.65. The number of methoxy groups -OCH3 is 1. The molecule has 0 bridgehead atoms. The molecule has 1 heterocycles. The molecular formula is C13H13NaO5. The minimum Gasteiger partial charge on any atom is -0.550 e. The normalized spacial score (nSPS) is 12.1. The third-order valence-corrected chi connectivity index (χ3v) is 2.90. The number of carboxylic acids is 1. The molecule has 0 unspecified atom stereocenters. The molecule has 0 N–H and O–H groups in total. The van der Waals surface area contributed by atoms with Crippen LogP contribution >= 0.6 is 0 Å². The Morgan fingerprint density at radius 3 is 2.74 bits per heavy atom. The molecule has 0 spiro atoms. The zero-order valence-corrected chi connectivity index (χ0v) is 13.0. The molecule has 1 aliphatic rings. The van der Waals surface area contributed by atoms with E-state index < -0.39 is 5.97 Å². The maximum Gasteiger partial charge on any atom is 1.00 e. The van der Waals surface area contributed by atoms with Gasteiger partial charge < -0.3 is 19.4 Å². The van der Waals surface area contributed by atoms with Gasteiger partial charge in [0, 0.05) is 29.9 Å². The van der Waals surface area contributed by atoms with Crippen molar-refractivity contribution in [1.29, 1.82) is 0 Å². The largest absolute Gasteiger partial charge is 1.00 e. The van der Waals surface area contributed by atoms with Crippen molar-refractivity contribution in [2.45, 2.75) is 19.3 Å². The molecule has 0 saturated carbocycles. The van der Waals surface area contributed by atoms with Crippen LogP contribution in [0.15, 0.2) is 12.1 Å². The molecule has 19 heavy (non-hydrogen) atoms. The second-order valence-electron chi connectivity index (χ2n) is 4.02. The summed E-state index contributed by atoms with van der Waals surface area (Å²) in [7, 11) is 1.54. The minimum absolute atomic E-state index is 0. The van der Waals surface area contributed by atoms with E-state index in [2.05, 4.69) is 0 Å². The molecule has 0 amide bonds. The number of hydrogen-bond acceptors (Lipinski definition) is 5. The summed E-state index contributed by atoms with van der Waals surface area (Å²) in [5.74, 6) is -0.232. The van der Waals surface area contributed by atoms with E-state index in [1.54, 1.807) is 12.1 Å². The second-order valence-corrected chi connectivity index (χ2v) is 4.02. The Morgan fingerprint density at radius 2 is 2.11 bits per heavy atom. The summed E-state index contributed by atoms with van der Waals surface area (Å²) in [4.78, 5) is 22.3. The van der Waals surface area contributed by atoms with E-state index in [1.807, 2.05) is 0 Å². The Bertz CT molecular complexity index is 498. The van der Waals surface area contributed by atoms with Crippen LogP contribution in [0.2, 0.25) is 0 Å². The Kier molecular flexibility index (Phi) is 5.85. The van der Waals surface area contributed by atoms with Crippen molar-refractivity contribution in [3.63, 3.8) is 0 Å². The van der Waals surface area contributed by atoms with Crippen molar-refractivity contribution in [3.05, 3.63) is 23.3 Å². The quantitative estimate of drug-likeness (QED) is 0.432. The molecule has 0 fully saturated rings. The van der Waals surface area contributed by atoms with Gasteiger partial charge in [0.05, 0.1) is 13.7 Å². The van der Waals surface area contributed by atoms with Crippen LogP contribution < -0.4 is 44.1 Å². The van der Waals surface area contributed by atoms with E-state index in [9.17, 15) is 14.7 Å². The van der Waals surface area contributed by atoms with E-state index in [0.29, 0.717) is 30.1 Å². The standard InChI is InChI=1S/C13H14O5.Na/c1-17-11-4-2-8(9-6-7-18-13(9)11)10(14)3-5-12(15)16;/h2,4H,3,5-7H2,1H3,(H,15,16);/q;+1/p-1. The van der Waals surface area contributed by atoms with Gasteiger partial charge in [-0.3, -0.25) is 4.79 Å². The van der Waals surface area contributed by atoms with Crippen molar-refractivity contribution in [3.8, 4) is 11.5 Å². The summed E-state index contributed by atoms with van der Waals surface area (Å²) in [5.41, 5.74) is 1.32. The van der Waals surface area contributed by atoms with Gasteiger partial charge in [0.25, 0.3) is 0 Å². The molecule has 1 aromatic rings. The fourth-order valence-corrected chi connectivity index (χ4v) is 2.04. The molecule has 0 saturated heterocycles. The Hall–Kier alpha value is -1.04. The number of carboxylic acid groups (broad SMARTS) is 1. The SMILES string of the molecule is COc1ccc(C(=O)CCC(=O)[O-])c2c1OCC2.[Na+]. The van der Waals surface area contributed by atoms with Crippen molar-refractivity contribution in [2.24, 2.45) is 0 Å². The maximum atomic E-state index is 11.9. The van der Waals surface area contributed by atoms with E-state index in [0.717, 1.165) is 5.56 Å². The number of carbonyl (C=O) groups is 2. The first-order chi connectivity index (χ1) is 8.63. The van der Waals surface area contributed by atoms with E-state index >= 15 is 0 Å². The number of rotatable bonds is 5. The Labute approximate surface area is 133 Å². The summed E-state index contributed by atoms with van der Waals surface area (Å²) in [6.45, 7) is 0.510. The molecule has 0 aliphatic carbocycles. The third-order valence-electron chi connectivity index (χ3n) is 2.90. The van der Waals surface area contributed by atoms with Crippen LogP contribution in [0.3, 0.4) is 0 Å². The first kappa shape index (κ1) is 16.0. The van der Waals surface area contributed by atoms with Gasteiger partial charge in [0.15, 0.2) is 17.3 Å². The number of fused-ring (bicyclic) bond motifs is 1. The summed E-state index contributed by atoms with van der Waals surface area (Å²) < 4.78 is 10.6. The first-order valence-electron chi connectivity index (χ1n) is 5.69. The molecule has 0 radical (unpaired) electrons. The molecule has 2 rings (SSSR count). The van der Waals surface area contributed by atoms with Crippen molar-refractivity contribution < 1.29 is 53.7 Å². The topological polar surface area (TPSA) is 75.7 Å². The van der Waals surface area contributed by atoms with Gasteiger partial charge in [-0.2, -0.15) is 0 Å². The van der Waals surface area contributed by atoms with Crippen LogP contribution in [-0.4, -0.2) is 25.5 Å². The van der Waals surface area contributed by atoms with Gasteiger partial charge in [-0.1, -0.05) is 0 Å². The molecule has 1 aliphatic heterocycles. The maximum absolute atomic E-state index is 11.9. The summed E-state index contributed by atoms with van der Waals surface area (Å²) in [6.07, 6.45) is 0.320. The van der Waals surface area contributed by atoms with Crippen LogP contribution in [0.4, 0.5) is 0 Å². The number of ketones is 1. The zero-order chi connectivity index (χ0) is 13.1. The van der Waals surface area contributed by atoms with Gasteiger partial charge in [-0.15, -0.1) is 0 Å². The van der Waals surface area contributed by atoms with E-state index in [1.165, 1.54) is 7.11 Å². The minimum atomic E-state index is -1.22. The van der Waals surface area contributed by atoms with E-state index in [4.69, 9.17) is 9.47 Å². The third kappa shape index (κ3) is 3.49.